The fourth-order valence-corrected chi connectivity index (χ4v) is 2.86. The van der Waals surface area contributed by atoms with E-state index in [-0.39, 0.29) is 21.8 Å². The molecule has 3 heterocycles. The lowest BCUT2D eigenvalue weighted by molar-refractivity contribution is 0.631. The number of halogens is 3. The monoisotopic (exact) mass is 369 g/mol. The summed E-state index contributed by atoms with van der Waals surface area (Å²) in [6.45, 7) is 1.81. The van der Waals surface area contributed by atoms with Gasteiger partial charge in [0.1, 0.15) is 17.2 Å². The molecule has 0 atom stereocenters. The van der Waals surface area contributed by atoms with Crippen molar-refractivity contribution in [3.8, 4) is 0 Å². The minimum absolute atomic E-state index is 0.0271. The van der Waals surface area contributed by atoms with E-state index in [0.29, 0.717) is 24.3 Å². The topological polar surface area (TPSA) is 104 Å². The zero-order valence-electron chi connectivity index (χ0n) is 12.5. The zero-order chi connectivity index (χ0) is 17.3. The molecule has 126 valence electrons. The first-order valence-corrected chi connectivity index (χ1v) is 7.92. The second-order valence-electron chi connectivity index (χ2n) is 5.27. The van der Waals surface area contributed by atoms with Gasteiger partial charge < -0.3 is 16.0 Å². The molecule has 0 radical (unpaired) electrons. The smallest absolute Gasteiger partial charge is 0.225 e. The minimum atomic E-state index is -0.729. The van der Waals surface area contributed by atoms with Crippen molar-refractivity contribution in [2.24, 2.45) is 5.73 Å². The molecular weight excluding hydrogens is 356 g/mol. The summed E-state index contributed by atoms with van der Waals surface area (Å²) in [5.74, 6) is -0.317. The highest BCUT2D eigenvalue weighted by Gasteiger charge is 2.21. The van der Waals surface area contributed by atoms with Crippen molar-refractivity contribution in [3.63, 3.8) is 0 Å². The molecule has 7 nitrogen and oxygen atoms in total. The molecule has 0 saturated carbocycles. The molecule has 1 aliphatic rings. The first-order valence-electron chi connectivity index (χ1n) is 7.16. The van der Waals surface area contributed by atoms with Gasteiger partial charge in [0.05, 0.1) is 11.9 Å². The number of nitrogens with two attached hydrogens (primary N) is 1. The minimum Gasteiger partial charge on any atom is -0.387 e. The van der Waals surface area contributed by atoms with E-state index in [1.165, 1.54) is 6.20 Å². The third kappa shape index (κ3) is 3.34. The molecule has 0 amide bonds. The third-order valence-electron chi connectivity index (χ3n) is 3.54. The molecule has 4 N–H and O–H groups in total. The number of rotatable bonds is 2. The quantitative estimate of drug-likeness (QED) is 0.324. The Morgan fingerprint density at radius 2 is 2.21 bits per heavy atom. The molecule has 2 aromatic heterocycles. The standard InChI is InChI=1S/C14H14Cl2FN7/c15-12-10(17)11-8(5-21-12)13(23-14(16)22-11)24-3-1-2-20-7(6-24)4-9(18)19/h4-5,20H,1-3,6H2,(H3,18,19)/b7-4-. The molecule has 1 fully saturated rings. The number of hydrogen-bond acceptors (Lipinski definition) is 6. The Bertz CT molecular complexity index is 839. The Labute approximate surface area is 147 Å². The van der Waals surface area contributed by atoms with Crippen LogP contribution in [0.4, 0.5) is 10.2 Å². The van der Waals surface area contributed by atoms with Gasteiger partial charge in [0, 0.05) is 31.1 Å². The van der Waals surface area contributed by atoms with Crippen LogP contribution in [0.25, 0.3) is 10.9 Å². The van der Waals surface area contributed by atoms with E-state index >= 15 is 0 Å². The summed E-state index contributed by atoms with van der Waals surface area (Å²) in [4.78, 5) is 13.9. The van der Waals surface area contributed by atoms with Crippen molar-refractivity contribution in [1.82, 2.24) is 20.3 Å². The van der Waals surface area contributed by atoms with Gasteiger partial charge >= 0.3 is 0 Å². The molecule has 0 bridgehead atoms. The molecule has 24 heavy (non-hydrogen) atoms. The first-order chi connectivity index (χ1) is 11.5. The van der Waals surface area contributed by atoms with E-state index in [9.17, 15) is 4.39 Å². The SMILES string of the molecule is N=C(N)/C=C1/CN(c2nc(Cl)nc3c(F)c(Cl)ncc23)CCCN1. The van der Waals surface area contributed by atoms with Crippen molar-refractivity contribution in [3.05, 3.63) is 34.2 Å². The molecule has 10 heteroatoms. The van der Waals surface area contributed by atoms with Crippen molar-refractivity contribution >= 4 is 45.8 Å². The van der Waals surface area contributed by atoms with Crippen LogP contribution in [0.1, 0.15) is 6.42 Å². The summed E-state index contributed by atoms with van der Waals surface area (Å²) in [7, 11) is 0. The van der Waals surface area contributed by atoms with Crippen LogP contribution in [-0.4, -0.2) is 40.4 Å². The zero-order valence-corrected chi connectivity index (χ0v) is 14.0. The summed E-state index contributed by atoms with van der Waals surface area (Å²) in [5, 5.41) is 10.7. The van der Waals surface area contributed by atoms with Crippen molar-refractivity contribution in [2.45, 2.75) is 6.42 Å². The van der Waals surface area contributed by atoms with E-state index in [4.69, 9.17) is 34.3 Å². The highest BCUT2D eigenvalue weighted by Crippen LogP contribution is 2.29. The summed E-state index contributed by atoms with van der Waals surface area (Å²) in [5.41, 5.74) is 6.23. The van der Waals surface area contributed by atoms with Gasteiger partial charge in [-0.3, -0.25) is 5.41 Å². The number of hydrogen-bond donors (Lipinski definition) is 3. The largest absolute Gasteiger partial charge is 0.387 e. The maximum atomic E-state index is 14.2. The van der Waals surface area contributed by atoms with Crippen LogP contribution in [0.15, 0.2) is 18.0 Å². The Morgan fingerprint density at radius 3 is 2.96 bits per heavy atom. The lowest BCUT2D eigenvalue weighted by atomic mass is 10.2. The molecule has 3 rings (SSSR count). The van der Waals surface area contributed by atoms with E-state index in [2.05, 4.69) is 20.3 Å². The van der Waals surface area contributed by atoms with Gasteiger partial charge in [-0.05, 0) is 18.0 Å². The predicted octanol–water partition coefficient (Wildman–Crippen LogP) is 2.09. The van der Waals surface area contributed by atoms with Crippen molar-refractivity contribution in [2.75, 3.05) is 24.5 Å². The van der Waals surface area contributed by atoms with Gasteiger partial charge in [-0.15, -0.1) is 0 Å². The van der Waals surface area contributed by atoms with Gasteiger partial charge in [-0.25, -0.2) is 14.4 Å². The number of fused-ring (bicyclic) bond motifs is 1. The Balaban J connectivity index is 2.10. The fourth-order valence-electron chi connectivity index (χ4n) is 2.56. The Hall–Kier alpha value is -2.19. The van der Waals surface area contributed by atoms with Crippen LogP contribution in [0.3, 0.4) is 0 Å². The molecule has 0 aliphatic carbocycles. The maximum Gasteiger partial charge on any atom is 0.225 e. The lowest BCUT2D eigenvalue weighted by Crippen LogP contribution is -2.28. The normalized spacial score (nSPS) is 17.0. The van der Waals surface area contributed by atoms with Gasteiger partial charge in [-0.2, -0.15) is 4.98 Å². The van der Waals surface area contributed by atoms with E-state index < -0.39 is 5.82 Å². The van der Waals surface area contributed by atoms with Crippen LogP contribution >= 0.6 is 23.2 Å². The van der Waals surface area contributed by atoms with Gasteiger partial charge in [0.25, 0.3) is 0 Å². The average molecular weight is 370 g/mol. The van der Waals surface area contributed by atoms with E-state index in [0.717, 1.165) is 18.7 Å². The van der Waals surface area contributed by atoms with Crippen LogP contribution in [-0.2, 0) is 0 Å². The van der Waals surface area contributed by atoms with Crippen LogP contribution in [0, 0.1) is 11.2 Å². The summed E-state index contributed by atoms with van der Waals surface area (Å²) >= 11 is 11.7. The third-order valence-corrected chi connectivity index (χ3v) is 3.97. The number of pyridine rings is 1. The van der Waals surface area contributed by atoms with Crippen LogP contribution in [0.2, 0.25) is 10.4 Å². The maximum absolute atomic E-state index is 14.2. The molecular formula is C14H14Cl2FN7. The highest BCUT2D eigenvalue weighted by atomic mass is 35.5. The number of nitrogens with one attached hydrogen (secondary N) is 2. The van der Waals surface area contributed by atoms with Crippen LogP contribution < -0.4 is 16.0 Å². The summed E-state index contributed by atoms with van der Waals surface area (Å²) in [6, 6.07) is 0. The number of amidine groups is 1. The van der Waals surface area contributed by atoms with E-state index in [1.54, 1.807) is 6.08 Å². The highest BCUT2D eigenvalue weighted by molar-refractivity contribution is 6.30. The van der Waals surface area contributed by atoms with Gasteiger partial charge in [-0.1, -0.05) is 11.6 Å². The van der Waals surface area contributed by atoms with Crippen LogP contribution in [0.5, 0.6) is 0 Å². The summed E-state index contributed by atoms with van der Waals surface area (Å²) < 4.78 is 14.2. The first kappa shape index (κ1) is 16.7. The average Bonchev–Trinajstić information content (AvgIpc) is 2.75. The predicted molar refractivity (Wildman–Crippen MR) is 92.1 cm³/mol. The molecule has 0 unspecified atom stereocenters. The Kier molecular flexibility index (Phi) is 4.68. The van der Waals surface area contributed by atoms with Gasteiger partial charge in [0.15, 0.2) is 11.0 Å². The summed E-state index contributed by atoms with van der Waals surface area (Å²) in [6.07, 6.45) is 3.79. The molecule has 1 aliphatic heterocycles. The number of aromatic nitrogens is 3. The lowest BCUT2D eigenvalue weighted by Gasteiger charge is -2.23. The van der Waals surface area contributed by atoms with Crippen molar-refractivity contribution < 1.29 is 4.39 Å². The molecule has 0 aromatic carbocycles. The number of anilines is 1. The molecule has 0 spiro atoms. The molecule has 2 aromatic rings. The van der Waals surface area contributed by atoms with E-state index in [1.807, 2.05) is 4.90 Å². The fraction of sp³-hybridized carbons (Fsp3) is 0.286. The second-order valence-corrected chi connectivity index (χ2v) is 5.96. The van der Waals surface area contributed by atoms with Crippen molar-refractivity contribution in [1.29, 1.82) is 5.41 Å². The Morgan fingerprint density at radius 1 is 1.42 bits per heavy atom. The second kappa shape index (κ2) is 6.74. The van der Waals surface area contributed by atoms with Gasteiger partial charge in [0.2, 0.25) is 5.28 Å². The number of nitrogens with zero attached hydrogens (tertiary/aromatic N) is 4. The molecule has 1 saturated heterocycles.